The Labute approximate surface area is 157 Å². The van der Waals surface area contributed by atoms with Crippen molar-refractivity contribution in [1.29, 1.82) is 0 Å². The zero-order valence-electron chi connectivity index (χ0n) is 15.3. The van der Waals surface area contributed by atoms with E-state index in [9.17, 15) is 9.59 Å². The molecule has 26 heavy (non-hydrogen) atoms. The maximum absolute atomic E-state index is 12.6. The first-order valence-electron chi connectivity index (χ1n) is 8.40. The van der Waals surface area contributed by atoms with Crippen LogP contribution in [0.5, 0.6) is 0 Å². The first-order valence-corrected chi connectivity index (χ1v) is 9.22. The van der Waals surface area contributed by atoms with Crippen molar-refractivity contribution in [3.05, 3.63) is 74.7 Å². The van der Waals surface area contributed by atoms with E-state index in [-0.39, 0.29) is 12.4 Å². The number of hydrogen-bond acceptors (Lipinski definition) is 4. The molecule has 0 spiro atoms. The molecule has 2 heterocycles. The number of aryl methyl sites for hydroxylation is 3. The number of aromatic nitrogens is 1. The zero-order valence-corrected chi connectivity index (χ0v) is 16.1. The van der Waals surface area contributed by atoms with E-state index < -0.39 is 5.97 Å². The number of esters is 1. The van der Waals surface area contributed by atoms with Crippen molar-refractivity contribution in [2.45, 2.75) is 27.7 Å². The molecule has 0 saturated carbocycles. The third kappa shape index (κ3) is 3.48. The van der Waals surface area contributed by atoms with Gasteiger partial charge in [0.05, 0.1) is 5.56 Å². The Kier molecular flexibility index (Phi) is 5.09. The molecule has 0 atom stereocenters. The van der Waals surface area contributed by atoms with Crippen LogP contribution in [-0.4, -0.2) is 22.9 Å². The fourth-order valence-electron chi connectivity index (χ4n) is 3.14. The molecule has 0 aliphatic carbocycles. The lowest BCUT2D eigenvalue weighted by molar-refractivity contribution is 0.0474. The van der Waals surface area contributed by atoms with Gasteiger partial charge in [-0.15, -0.1) is 11.3 Å². The molecule has 0 aliphatic heterocycles. The quantitative estimate of drug-likeness (QED) is 0.480. The van der Waals surface area contributed by atoms with Gasteiger partial charge in [0.1, 0.15) is 0 Å². The number of thiophene rings is 1. The Morgan fingerprint density at radius 2 is 1.69 bits per heavy atom. The highest BCUT2D eigenvalue weighted by Gasteiger charge is 2.19. The van der Waals surface area contributed by atoms with Gasteiger partial charge in [-0.3, -0.25) is 4.79 Å². The molecule has 5 heteroatoms. The van der Waals surface area contributed by atoms with Gasteiger partial charge in [-0.25, -0.2) is 4.79 Å². The van der Waals surface area contributed by atoms with Crippen LogP contribution in [0.15, 0.2) is 42.5 Å². The van der Waals surface area contributed by atoms with Gasteiger partial charge in [-0.05, 0) is 52.0 Å². The topological polar surface area (TPSA) is 48.3 Å². The standard InChI is InChI=1S/C21H21NO3S/c1-13-10-18(15(3)22(13)17-8-6-5-7-9-17)20(23)12-25-21(24)19-11-14(2)26-16(19)4/h5-11H,12H2,1-4H3. The fraction of sp³-hybridized carbons (Fsp3) is 0.238. The largest absolute Gasteiger partial charge is 0.454 e. The monoisotopic (exact) mass is 367 g/mol. The van der Waals surface area contributed by atoms with E-state index in [2.05, 4.69) is 0 Å². The SMILES string of the molecule is Cc1cc(C(=O)OCC(=O)c2cc(C)n(-c3ccccc3)c2C)c(C)s1. The highest BCUT2D eigenvalue weighted by Crippen LogP contribution is 2.23. The summed E-state index contributed by atoms with van der Waals surface area (Å²) in [6.45, 7) is 7.43. The number of ether oxygens (including phenoxy) is 1. The molecule has 0 bridgehead atoms. The number of ketones is 1. The molecule has 3 rings (SSSR count). The van der Waals surface area contributed by atoms with Crippen molar-refractivity contribution >= 4 is 23.1 Å². The summed E-state index contributed by atoms with van der Waals surface area (Å²) in [4.78, 5) is 26.8. The van der Waals surface area contributed by atoms with Gasteiger partial charge in [0.2, 0.25) is 5.78 Å². The fourth-order valence-corrected chi connectivity index (χ4v) is 4.05. The molecule has 0 radical (unpaired) electrons. The normalized spacial score (nSPS) is 10.8. The van der Waals surface area contributed by atoms with Crippen LogP contribution in [0.2, 0.25) is 0 Å². The number of rotatable bonds is 5. The predicted octanol–water partition coefficient (Wildman–Crippen LogP) is 4.81. The van der Waals surface area contributed by atoms with E-state index in [1.807, 2.05) is 68.7 Å². The van der Waals surface area contributed by atoms with Gasteiger partial charge in [0.25, 0.3) is 0 Å². The van der Waals surface area contributed by atoms with E-state index in [0.29, 0.717) is 11.1 Å². The van der Waals surface area contributed by atoms with Gasteiger partial charge < -0.3 is 9.30 Å². The highest BCUT2D eigenvalue weighted by molar-refractivity contribution is 7.12. The molecule has 2 aromatic heterocycles. The average molecular weight is 367 g/mol. The lowest BCUT2D eigenvalue weighted by Gasteiger charge is -2.09. The minimum absolute atomic E-state index is 0.196. The van der Waals surface area contributed by atoms with Crippen molar-refractivity contribution in [2.75, 3.05) is 6.61 Å². The lowest BCUT2D eigenvalue weighted by Crippen LogP contribution is -2.15. The number of carbonyl (C=O) groups excluding carboxylic acids is 2. The van der Waals surface area contributed by atoms with Gasteiger partial charge in [0.15, 0.2) is 6.61 Å². The van der Waals surface area contributed by atoms with Crippen LogP contribution in [0.3, 0.4) is 0 Å². The van der Waals surface area contributed by atoms with Crippen molar-refractivity contribution in [1.82, 2.24) is 4.57 Å². The molecule has 0 N–H and O–H groups in total. The van der Waals surface area contributed by atoms with Crippen molar-refractivity contribution in [2.24, 2.45) is 0 Å². The van der Waals surface area contributed by atoms with E-state index in [1.54, 1.807) is 17.4 Å². The van der Waals surface area contributed by atoms with Gasteiger partial charge in [-0.2, -0.15) is 0 Å². The van der Waals surface area contributed by atoms with Crippen LogP contribution >= 0.6 is 11.3 Å². The maximum Gasteiger partial charge on any atom is 0.339 e. The molecular weight excluding hydrogens is 346 g/mol. The Morgan fingerprint density at radius 3 is 2.31 bits per heavy atom. The molecule has 0 amide bonds. The van der Waals surface area contributed by atoms with Crippen LogP contribution in [-0.2, 0) is 4.74 Å². The summed E-state index contributed by atoms with van der Waals surface area (Å²) in [5.74, 6) is -0.643. The van der Waals surface area contributed by atoms with Crippen molar-refractivity contribution in [3.8, 4) is 5.69 Å². The van der Waals surface area contributed by atoms with Gasteiger partial charge in [0, 0.05) is 32.4 Å². The molecule has 134 valence electrons. The van der Waals surface area contributed by atoms with Crippen molar-refractivity contribution in [3.63, 3.8) is 0 Å². The number of hydrogen-bond donors (Lipinski definition) is 0. The van der Waals surface area contributed by atoms with E-state index in [1.165, 1.54) is 0 Å². The predicted molar refractivity (Wildman–Crippen MR) is 104 cm³/mol. The summed E-state index contributed by atoms with van der Waals surface area (Å²) in [5, 5.41) is 0. The third-order valence-electron chi connectivity index (χ3n) is 4.34. The minimum Gasteiger partial charge on any atom is -0.454 e. The number of nitrogens with zero attached hydrogens (tertiary/aromatic N) is 1. The highest BCUT2D eigenvalue weighted by atomic mass is 32.1. The summed E-state index contributed by atoms with van der Waals surface area (Å²) in [6, 6.07) is 13.5. The Bertz CT molecular complexity index is 967. The average Bonchev–Trinajstić information content (AvgIpc) is 3.11. The molecule has 0 fully saturated rings. The second-order valence-corrected chi connectivity index (χ2v) is 7.74. The minimum atomic E-state index is -0.447. The second kappa shape index (κ2) is 7.30. The summed E-state index contributed by atoms with van der Waals surface area (Å²) in [6.07, 6.45) is 0. The summed E-state index contributed by atoms with van der Waals surface area (Å²) >= 11 is 1.54. The molecule has 4 nitrogen and oxygen atoms in total. The first kappa shape index (κ1) is 18.1. The number of carbonyl (C=O) groups is 2. The van der Waals surface area contributed by atoms with E-state index >= 15 is 0 Å². The van der Waals surface area contributed by atoms with Crippen LogP contribution in [0.4, 0.5) is 0 Å². The Hall–Kier alpha value is -2.66. The first-order chi connectivity index (χ1) is 12.4. The van der Waals surface area contributed by atoms with E-state index in [0.717, 1.165) is 26.8 Å². The molecule has 3 aromatic rings. The maximum atomic E-state index is 12.6. The number of para-hydroxylation sites is 1. The lowest BCUT2D eigenvalue weighted by atomic mass is 10.1. The Balaban J connectivity index is 1.77. The van der Waals surface area contributed by atoms with Gasteiger partial charge >= 0.3 is 5.97 Å². The molecular formula is C21H21NO3S. The number of benzene rings is 1. The van der Waals surface area contributed by atoms with Crippen molar-refractivity contribution < 1.29 is 14.3 Å². The van der Waals surface area contributed by atoms with E-state index in [4.69, 9.17) is 4.74 Å². The van der Waals surface area contributed by atoms with Gasteiger partial charge in [-0.1, -0.05) is 18.2 Å². The second-order valence-electron chi connectivity index (χ2n) is 6.28. The van der Waals surface area contributed by atoms with Crippen LogP contribution in [0.25, 0.3) is 5.69 Å². The van der Waals surface area contributed by atoms with Crippen LogP contribution in [0.1, 0.15) is 41.9 Å². The number of Topliss-reactive ketones (excluding diaryl/α,β-unsaturated/α-hetero) is 1. The third-order valence-corrected chi connectivity index (χ3v) is 5.31. The van der Waals surface area contributed by atoms with Crippen LogP contribution in [0, 0.1) is 27.7 Å². The van der Waals surface area contributed by atoms with Crippen LogP contribution < -0.4 is 0 Å². The molecule has 1 aromatic carbocycles. The molecule has 0 saturated heterocycles. The smallest absolute Gasteiger partial charge is 0.339 e. The molecule has 0 aliphatic rings. The zero-order chi connectivity index (χ0) is 18.8. The molecule has 0 unspecified atom stereocenters. The summed E-state index contributed by atoms with van der Waals surface area (Å²) in [5.41, 5.74) is 3.93. The summed E-state index contributed by atoms with van der Waals surface area (Å²) in [7, 11) is 0. The summed E-state index contributed by atoms with van der Waals surface area (Å²) < 4.78 is 7.29. The Morgan fingerprint density at radius 1 is 1.00 bits per heavy atom.